The van der Waals surface area contributed by atoms with Crippen molar-refractivity contribution in [2.24, 2.45) is 0 Å². The summed E-state index contributed by atoms with van der Waals surface area (Å²) in [5.41, 5.74) is 2.37. The second-order valence-corrected chi connectivity index (χ2v) is 4.06. The number of rotatable bonds is 5. The number of halogens is 1. The maximum Gasteiger partial charge on any atom is 0.138 e. The van der Waals surface area contributed by atoms with E-state index in [0.29, 0.717) is 18.1 Å². The first-order chi connectivity index (χ1) is 7.69. The number of hydrogen-bond donors (Lipinski definition) is 0. The van der Waals surface area contributed by atoms with Gasteiger partial charge >= 0.3 is 0 Å². The van der Waals surface area contributed by atoms with Crippen LogP contribution in [0.25, 0.3) is 0 Å². The van der Waals surface area contributed by atoms with Gasteiger partial charge in [0.25, 0.3) is 0 Å². The maximum absolute atomic E-state index is 8.49. The molecule has 1 aromatic carbocycles. The molecule has 16 heavy (non-hydrogen) atoms. The monoisotopic (exact) mass is 237 g/mol. The van der Waals surface area contributed by atoms with Gasteiger partial charge in [0, 0.05) is 6.42 Å². The predicted molar refractivity (Wildman–Crippen MR) is 65.9 cm³/mol. The van der Waals surface area contributed by atoms with Gasteiger partial charge in [0.05, 0.1) is 17.7 Å². The van der Waals surface area contributed by atoms with Crippen molar-refractivity contribution in [3.05, 3.63) is 28.3 Å². The molecule has 0 aliphatic carbocycles. The number of benzene rings is 1. The largest absolute Gasteiger partial charge is 0.492 e. The molecular formula is C13H16ClNO. The fourth-order valence-electron chi connectivity index (χ4n) is 1.59. The van der Waals surface area contributed by atoms with Crippen LogP contribution in [0.2, 0.25) is 5.02 Å². The Morgan fingerprint density at radius 3 is 2.81 bits per heavy atom. The topological polar surface area (TPSA) is 33.0 Å². The lowest BCUT2D eigenvalue weighted by molar-refractivity contribution is 0.340. The molecule has 0 N–H and O–H groups in total. The highest BCUT2D eigenvalue weighted by Crippen LogP contribution is 2.28. The molecule has 0 unspecified atom stereocenters. The van der Waals surface area contributed by atoms with Gasteiger partial charge < -0.3 is 4.74 Å². The van der Waals surface area contributed by atoms with Gasteiger partial charge in [-0.25, -0.2) is 0 Å². The Kier molecular flexibility index (Phi) is 5.14. The number of nitrogens with zero attached hydrogens (tertiary/aromatic N) is 1. The van der Waals surface area contributed by atoms with Crippen molar-refractivity contribution in [3.63, 3.8) is 0 Å². The molecule has 0 saturated carbocycles. The standard InChI is InChI=1S/C13H16ClNO/c1-3-16-13-8-10(2)11(9-12(13)14)6-4-5-7-15/h8-9H,3-6H2,1-2H3. The summed E-state index contributed by atoms with van der Waals surface area (Å²) in [7, 11) is 0. The van der Waals surface area contributed by atoms with Crippen molar-refractivity contribution in [2.75, 3.05) is 6.61 Å². The third kappa shape index (κ3) is 3.43. The zero-order valence-electron chi connectivity index (χ0n) is 9.72. The number of nitriles is 1. The summed E-state index contributed by atoms with van der Waals surface area (Å²) in [4.78, 5) is 0. The Morgan fingerprint density at radius 1 is 1.44 bits per heavy atom. The van der Waals surface area contributed by atoms with Crippen molar-refractivity contribution in [1.29, 1.82) is 5.26 Å². The minimum Gasteiger partial charge on any atom is -0.492 e. The first-order valence-corrected chi connectivity index (χ1v) is 5.85. The Morgan fingerprint density at radius 2 is 2.19 bits per heavy atom. The number of hydrogen-bond acceptors (Lipinski definition) is 2. The molecular weight excluding hydrogens is 222 g/mol. The van der Waals surface area contributed by atoms with E-state index in [0.717, 1.165) is 18.6 Å². The first kappa shape index (κ1) is 12.9. The Hall–Kier alpha value is -1.20. The van der Waals surface area contributed by atoms with E-state index in [-0.39, 0.29) is 0 Å². The van der Waals surface area contributed by atoms with Gasteiger partial charge in [-0.3, -0.25) is 0 Å². The van der Waals surface area contributed by atoms with Gasteiger partial charge in [0.1, 0.15) is 5.75 Å². The molecule has 2 nitrogen and oxygen atoms in total. The molecule has 0 atom stereocenters. The first-order valence-electron chi connectivity index (χ1n) is 5.47. The highest BCUT2D eigenvalue weighted by atomic mass is 35.5. The minimum atomic E-state index is 0.588. The lowest BCUT2D eigenvalue weighted by Crippen LogP contribution is -1.96. The highest BCUT2D eigenvalue weighted by molar-refractivity contribution is 6.32. The molecule has 1 aromatic rings. The average Bonchev–Trinajstić information content (AvgIpc) is 2.25. The zero-order chi connectivity index (χ0) is 12.0. The second-order valence-electron chi connectivity index (χ2n) is 3.65. The lowest BCUT2D eigenvalue weighted by Gasteiger charge is -2.10. The van der Waals surface area contributed by atoms with Crippen molar-refractivity contribution < 1.29 is 4.74 Å². The van der Waals surface area contributed by atoms with Crippen LogP contribution >= 0.6 is 11.6 Å². The van der Waals surface area contributed by atoms with Crippen molar-refractivity contribution >= 4 is 11.6 Å². The van der Waals surface area contributed by atoms with Gasteiger partial charge in [0.15, 0.2) is 0 Å². The van der Waals surface area contributed by atoms with Crippen LogP contribution in [-0.4, -0.2) is 6.61 Å². The molecule has 0 radical (unpaired) electrons. The van der Waals surface area contributed by atoms with E-state index in [1.54, 1.807) is 0 Å². The van der Waals surface area contributed by atoms with Crippen LogP contribution in [0.3, 0.4) is 0 Å². The van der Waals surface area contributed by atoms with E-state index >= 15 is 0 Å². The van der Waals surface area contributed by atoms with Gasteiger partial charge in [0.2, 0.25) is 0 Å². The fourth-order valence-corrected chi connectivity index (χ4v) is 1.83. The van der Waals surface area contributed by atoms with Crippen molar-refractivity contribution in [3.8, 4) is 11.8 Å². The zero-order valence-corrected chi connectivity index (χ0v) is 10.5. The lowest BCUT2D eigenvalue weighted by atomic mass is 10.0. The number of unbranched alkanes of at least 4 members (excludes halogenated alkanes) is 1. The number of ether oxygens (including phenoxy) is 1. The van der Waals surface area contributed by atoms with Crippen LogP contribution in [0, 0.1) is 18.3 Å². The van der Waals surface area contributed by atoms with Crippen LogP contribution in [0.1, 0.15) is 30.9 Å². The van der Waals surface area contributed by atoms with Gasteiger partial charge in [-0.05, 0) is 49.9 Å². The fraction of sp³-hybridized carbons (Fsp3) is 0.462. The molecule has 0 saturated heterocycles. The molecule has 0 spiro atoms. The van der Waals surface area contributed by atoms with E-state index in [1.807, 2.05) is 26.0 Å². The minimum absolute atomic E-state index is 0.588. The molecule has 0 amide bonds. The molecule has 0 aliphatic rings. The predicted octanol–water partition coefficient (Wildman–Crippen LogP) is 3.89. The molecule has 0 heterocycles. The molecule has 0 aliphatic heterocycles. The summed E-state index contributed by atoms with van der Waals surface area (Å²) < 4.78 is 5.41. The van der Waals surface area contributed by atoms with Crippen LogP contribution in [0.5, 0.6) is 5.75 Å². The van der Waals surface area contributed by atoms with E-state index < -0.39 is 0 Å². The summed E-state index contributed by atoms with van der Waals surface area (Å²) in [6.45, 7) is 4.60. The summed E-state index contributed by atoms with van der Waals surface area (Å²) in [6.07, 6.45) is 2.36. The van der Waals surface area contributed by atoms with Gasteiger partial charge in [-0.1, -0.05) is 11.6 Å². The molecule has 0 bridgehead atoms. The van der Waals surface area contributed by atoms with Crippen molar-refractivity contribution in [1.82, 2.24) is 0 Å². The van der Waals surface area contributed by atoms with Gasteiger partial charge in [-0.2, -0.15) is 5.26 Å². The maximum atomic E-state index is 8.49. The smallest absolute Gasteiger partial charge is 0.138 e. The van der Waals surface area contributed by atoms with Gasteiger partial charge in [-0.15, -0.1) is 0 Å². The van der Waals surface area contributed by atoms with Crippen LogP contribution in [-0.2, 0) is 6.42 Å². The molecule has 3 heteroatoms. The summed E-state index contributed by atoms with van der Waals surface area (Å²) in [6, 6.07) is 6.06. The van der Waals surface area contributed by atoms with Crippen LogP contribution in [0.15, 0.2) is 12.1 Å². The Balaban J connectivity index is 2.80. The van der Waals surface area contributed by atoms with Crippen molar-refractivity contribution in [2.45, 2.75) is 33.1 Å². The summed E-state index contributed by atoms with van der Waals surface area (Å²) in [5, 5.41) is 9.14. The third-order valence-electron chi connectivity index (χ3n) is 2.42. The quantitative estimate of drug-likeness (QED) is 0.728. The van der Waals surface area contributed by atoms with E-state index in [1.165, 1.54) is 11.1 Å². The van der Waals surface area contributed by atoms with E-state index in [2.05, 4.69) is 6.07 Å². The molecule has 86 valence electrons. The average molecular weight is 238 g/mol. The summed E-state index contributed by atoms with van der Waals surface area (Å²) >= 11 is 6.10. The second kappa shape index (κ2) is 6.40. The van der Waals surface area contributed by atoms with Crippen LogP contribution in [0.4, 0.5) is 0 Å². The third-order valence-corrected chi connectivity index (χ3v) is 2.72. The molecule has 1 rings (SSSR count). The normalized spacial score (nSPS) is 9.88. The Bertz CT molecular complexity index is 396. The van der Waals surface area contributed by atoms with Crippen LogP contribution < -0.4 is 4.74 Å². The van der Waals surface area contributed by atoms with E-state index in [4.69, 9.17) is 21.6 Å². The molecule has 0 fully saturated rings. The molecule has 0 aromatic heterocycles. The number of aryl methyl sites for hydroxylation is 2. The SMILES string of the molecule is CCOc1cc(C)c(CCCC#N)cc1Cl. The highest BCUT2D eigenvalue weighted by Gasteiger charge is 2.06. The summed E-state index contributed by atoms with van der Waals surface area (Å²) in [5.74, 6) is 0.741. The van der Waals surface area contributed by atoms with E-state index in [9.17, 15) is 0 Å². The Labute approximate surface area is 102 Å².